The van der Waals surface area contributed by atoms with E-state index < -0.39 is 17.9 Å². The number of methoxy groups -OCH3 is 2. The summed E-state index contributed by atoms with van der Waals surface area (Å²) in [6.07, 6.45) is 0.113. The smallest absolute Gasteiger partial charge is 0.217 e. The van der Waals surface area contributed by atoms with E-state index in [-0.39, 0.29) is 6.42 Å². The molecule has 6 nitrogen and oxygen atoms in total. The molecule has 0 aliphatic carbocycles. The fraction of sp³-hybridized carbons (Fsp3) is 0.385. The molecule has 0 saturated heterocycles. The van der Waals surface area contributed by atoms with Crippen LogP contribution in [-0.4, -0.2) is 32.1 Å². The summed E-state index contributed by atoms with van der Waals surface area (Å²) >= 11 is 0. The number of benzene rings is 1. The molecule has 1 amide bonds. The standard InChI is InChI=1S/C13H17NO5/c1-8(15)14-10(13(16)17)6-9-4-5-11(18-2)12(7-9)19-3/h4-5,7,10H,6H2,1-3H3,(H,14,15)(H,16,17)/p-1/t10-/m0/s1. The Morgan fingerprint density at radius 1 is 1.26 bits per heavy atom. The maximum absolute atomic E-state index is 10.9. The number of ether oxygens (including phenoxy) is 2. The van der Waals surface area contributed by atoms with Gasteiger partial charge in [0.1, 0.15) is 0 Å². The van der Waals surface area contributed by atoms with E-state index in [0.717, 1.165) is 0 Å². The van der Waals surface area contributed by atoms with Crippen LogP contribution >= 0.6 is 0 Å². The maximum atomic E-state index is 10.9. The summed E-state index contributed by atoms with van der Waals surface area (Å²) in [7, 11) is 3.00. The topological polar surface area (TPSA) is 87.7 Å². The average molecular weight is 266 g/mol. The summed E-state index contributed by atoms with van der Waals surface area (Å²) in [5.74, 6) is -0.699. The minimum atomic E-state index is -1.33. The Labute approximate surface area is 111 Å². The van der Waals surface area contributed by atoms with Crippen molar-refractivity contribution in [1.82, 2.24) is 5.32 Å². The third kappa shape index (κ3) is 4.17. The molecule has 0 unspecified atom stereocenters. The van der Waals surface area contributed by atoms with Gasteiger partial charge in [-0.15, -0.1) is 0 Å². The van der Waals surface area contributed by atoms with Crippen LogP contribution in [0, 0.1) is 0 Å². The van der Waals surface area contributed by atoms with Gasteiger partial charge in [-0.3, -0.25) is 4.79 Å². The average Bonchev–Trinajstić information content (AvgIpc) is 2.37. The number of amides is 1. The van der Waals surface area contributed by atoms with E-state index >= 15 is 0 Å². The fourth-order valence-electron chi connectivity index (χ4n) is 1.68. The molecule has 1 atom stereocenters. The zero-order valence-electron chi connectivity index (χ0n) is 11.1. The molecule has 0 bridgehead atoms. The van der Waals surface area contributed by atoms with Crippen LogP contribution in [0.1, 0.15) is 12.5 Å². The molecule has 1 N–H and O–H groups in total. The van der Waals surface area contributed by atoms with Gasteiger partial charge < -0.3 is 24.7 Å². The quantitative estimate of drug-likeness (QED) is 0.750. The molecule has 0 aromatic heterocycles. The Morgan fingerprint density at radius 3 is 2.37 bits per heavy atom. The molecular formula is C13H16NO5-. The van der Waals surface area contributed by atoms with Crippen molar-refractivity contribution in [3.8, 4) is 11.5 Å². The molecule has 1 aromatic rings. The van der Waals surface area contributed by atoms with Crippen molar-refractivity contribution in [3.05, 3.63) is 23.8 Å². The number of carbonyl (C=O) groups is 2. The van der Waals surface area contributed by atoms with Crippen LogP contribution in [-0.2, 0) is 16.0 Å². The Bertz CT molecular complexity index is 472. The maximum Gasteiger partial charge on any atom is 0.217 e. The number of carbonyl (C=O) groups excluding carboxylic acids is 2. The number of carboxylic acids is 1. The monoisotopic (exact) mass is 266 g/mol. The highest BCUT2D eigenvalue weighted by Crippen LogP contribution is 2.27. The number of hydrogen-bond acceptors (Lipinski definition) is 5. The first-order valence-electron chi connectivity index (χ1n) is 5.66. The van der Waals surface area contributed by atoms with E-state index in [2.05, 4.69) is 5.32 Å². The Morgan fingerprint density at radius 2 is 1.89 bits per heavy atom. The molecule has 0 heterocycles. The van der Waals surface area contributed by atoms with Crippen molar-refractivity contribution in [2.75, 3.05) is 14.2 Å². The molecule has 1 aromatic carbocycles. The highest BCUT2D eigenvalue weighted by molar-refractivity contribution is 5.81. The van der Waals surface area contributed by atoms with Gasteiger partial charge in [-0.1, -0.05) is 6.07 Å². The first-order valence-corrected chi connectivity index (χ1v) is 5.66. The summed E-state index contributed by atoms with van der Waals surface area (Å²) < 4.78 is 10.2. The highest BCUT2D eigenvalue weighted by atomic mass is 16.5. The molecule has 0 aliphatic rings. The summed E-state index contributed by atoms with van der Waals surface area (Å²) in [5.41, 5.74) is 0.695. The molecule has 0 fully saturated rings. The van der Waals surface area contributed by atoms with Gasteiger partial charge in [0.15, 0.2) is 11.5 Å². The first kappa shape index (κ1) is 14.8. The minimum Gasteiger partial charge on any atom is -0.548 e. The predicted octanol–water partition coefficient (Wildman–Crippen LogP) is -0.499. The third-order valence-corrected chi connectivity index (χ3v) is 2.55. The van der Waals surface area contributed by atoms with Crippen LogP contribution in [0.25, 0.3) is 0 Å². The fourth-order valence-corrected chi connectivity index (χ4v) is 1.68. The summed E-state index contributed by atoms with van der Waals surface area (Å²) in [4.78, 5) is 21.9. The van der Waals surface area contributed by atoms with Gasteiger partial charge in [-0.05, 0) is 24.1 Å². The van der Waals surface area contributed by atoms with E-state index in [9.17, 15) is 14.7 Å². The van der Waals surface area contributed by atoms with Gasteiger partial charge >= 0.3 is 0 Å². The van der Waals surface area contributed by atoms with Crippen LogP contribution in [0.2, 0.25) is 0 Å². The van der Waals surface area contributed by atoms with E-state index in [1.54, 1.807) is 18.2 Å². The van der Waals surface area contributed by atoms with Crippen molar-refractivity contribution in [2.24, 2.45) is 0 Å². The Balaban J connectivity index is 2.90. The second kappa shape index (κ2) is 6.63. The van der Waals surface area contributed by atoms with Gasteiger partial charge in [0.25, 0.3) is 0 Å². The summed E-state index contributed by atoms with van der Waals surface area (Å²) in [6.45, 7) is 1.25. The molecular weight excluding hydrogens is 250 g/mol. The largest absolute Gasteiger partial charge is 0.548 e. The van der Waals surface area contributed by atoms with Crippen molar-refractivity contribution in [3.63, 3.8) is 0 Å². The molecule has 1 rings (SSSR count). The van der Waals surface area contributed by atoms with Crippen LogP contribution < -0.4 is 19.9 Å². The molecule has 0 spiro atoms. The van der Waals surface area contributed by atoms with Crippen molar-refractivity contribution < 1.29 is 24.2 Å². The van der Waals surface area contributed by atoms with Gasteiger partial charge in [0.2, 0.25) is 5.91 Å². The minimum absolute atomic E-state index is 0.113. The van der Waals surface area contributed by atoms with Gasteiger partial charge in [0.05, 0.1) is 26.2 Å². The van der Waals surface area contributed by atoms with E-state index in [4.69, 9.17) is 9.47 Å². The molecule has 19 heavy (non-hydrogen) atoms. The van der Waals surface area contributed by atoms with Crippen LogP contribution in [0.5, 0.6) is 11.5 Å². The highest BCUT2D eigenvalue weighted by Gasteiger charge is 2.13. The number of hydrogen-bond donors (Lipinski definition) is 1. The molecule has 6 heteroatoms. The molecule has 0 aliphatic heterocycles. The van der Waals surface area contributed by atoms with Gasteiger partial charge in [-0.25, -0.2) is 0 Å². The number of nitrogens with one attached hydrogen (secondary N) is 1. The lowest BCUT2D eigenvalue weighted by molar-refractivity contribution is -0.308. The Kier molecular flexibility index (Phi) is 5.17. The lowest BCUT2D eigenvalue weighted by Gasteiger charge is -2.19. The third-order valence-electron chi connectivity index (χ3n) is 2.55. The van der Waals surface area contributed by atoms with Gasteiger partial charge in [0, 0.05) is 6.92 Å². The zero-order chi connectivity index (χ0) is 14.4. The lowest BCUT2D eigenvalue weighted by Crippen LogP contribution is -2.48. The molecule has 0 radical (unpaired) electrons. The number of aliphatic carboxylic acids is 1. The first-order chi connectivity index (χ1) is 8.97. The second-order valence-corrected chi connectivity index (χ2v) is 3.97. The summed E-state index contributed by atoms with van der Waals surface area (Å²) in [6, 6.07) is 3.97. The molecule has 104 valence electrons. The van der Waals surface area contributed by atoms with E-state index in [1.807, 2.05) is 0 Å². The predicted molar refractivity (Wildman–Crippen MR) is 65.9 cm³/mol. The molecule has 0 saturated carbocycles. The van der Waals surface area contributed by atoms with E-state index in [1.165, 1.54) is 21.1 Å². The SMILES string of the molecule is COc1ccc(C[C@H](NC(C)=O)C(=O)[O-])cc1OC. The van der Waals surface area contributed by atoms with Crippen molar-refractivity contribution in [1.29, 1.82) is 0 Å². The normalized spacial score (nSPS) is 11.5. The number of rotatable bonds is 6. The zero-order valence-corrected chi connectivity index (χ0v) is 11.1. The van der Waals surface area contributed by atoms with Crippen molar-refractivity contribution in [2.45, 2.75) is 19.4 Å². The Hall–Kier alpha value is -2.24. The van der Waals surface area contributed by atoms with Crippen LogP contribution in [0.4, 0.5) is 0 Å². The van der Waals surface area contributed by atoms with E-state index in [0.29, 0.717) is 17.1 Å². The number of carboxylic acid groups (broad SMARTS) is 1. The second-order valence-electron chi connectivity index (χ2n) is 3.97. The van der Waals surface area contributed by atoms with Crippen LogP contribution in [0.3, 0.4) is 0 Å². The van der Waals surface area contributed by atoms with Crippen LogP contribution in [0.15, 0.2) is 18.2 Å². The van der Waals surface area contributed by atoms with Gasteiger partial charge in [-0.2, -0.15) is 0 Å². The van der Waals surface area contributed by atoms with Crippen molar-refractivity contribution >= 4 is 11.9 Å². The summed E-state index contributed by atoms with van der Waals surface area (Å²) in [5, 5.41) is 13.3. The lowest BCUT2D eigenvalue weighted by atomic mass is 10.1.